The van der Waals surface area contributed by atoms with Gasteiger partial charge in [-0.05, 0) is 25.1 Å². The van der Waals surface area contributed by atoms with Crippen molar-refractivity contribution in [3.05, 3.63) is 48.3 Å². The number of anilines is 1. The van der Waals surface area contributed by atoms with Crippen molar-refractivity contribution in [2.45, 2.75) is 6.92 Å². The number of urea groups is 1. The highest BCUT2D eigenvalue weighted by atomic mass is 16.5. The fraction of sp³-hybridized carbons (Fsp3) is 0.0769. The van der Waals surface area contributed by atoms with Gasteiger partial charge in [0, 0.05) is 29.7 Å². The highest BCUT2D eigenvalue weighted by Gasteiger charge is 2.02. The maximum absolute atomic E-state index is 10.8. The molecule has 0 saturated carbocycles. The molecule has 0 spiro atoms. The van der Waals surface area contributed by atoms with Gasteiger partial charge in [-0.3, -0.25) is 4.98 Å². The number of aromatic nitrogens is 1. The van der Waals surface area contributed by atoms with Crippen LogP contribution in [0, 0.1) is 6.92 Å². The van der Waals surface area contributed by atoms with Gasteiger partial charge >= 0.3 is 6.03 Å². The van der Waals surface area contributed by atoms with Gasteiger partial charge in [-0.15, -0.1) is 0 Å². The first-order chi connectivity index (χ1) is 8.65. The lowest BCUT2D eigenvalue weighted by molar-refractivity contribution is 0.259. The van der Waals surface area contributed by atoms with E-state index in [0.29, 0.717) is 11.4 Å². The largest absolute Gasteiger partial charge is 0.457 e. The maximum atomic E-state index is 10.8. The second kappa shape index (κ2) is 5.18. The van der Waals surface area contributed by atoms with Crippen molar-refractivity contribution < 1.29 is 9.53 Å². The molecule has 2 rings (SSSR count). The molecule has 5 heteroatoms. The Morgan fingerprint density at radius 1 is 1.39 bits per heavy atom. The molecule has 0 aliphatic heterocycles. The molecule has 0 bridgehead atoms. The molecule has 0 aliphatic carbocycles. The Kier molecular flexibility index (Phi) is 3.43. The average Bonchev–Trinajstić information content (AvgIpc) is 2.32. The first-order valence-corrected chi connectivity index (χ1v) is 5.40. The molecule has 0 radical (unpaired) electrons. The molecule has 0 atom stereocenters. The predicted molar refractivity (Wildman–Crippen MR) is 68.7 cm³/mol. The van der Waals surface area contributed by atoms with Crippen LogP contribution in [0.1, 0.15) is 5.56 Å². The van der Waals surface area contributed by atoms with Crippen LogP contribution < -0.4 is 15.8 Å². The first kappa shape index (κ1) is 11.9. The monoisotopic (exact) mass is 243 g/mol. The number of hydrogen-bond acceptors (Lipinski definition) is 3. The third-order valence-electron chi connectivity index (χ3n) is 2.30. The summed E-state index contributed by atoms with van der Waals surface area (Å²) < 4.78 is 5.70. The minimum atomic E-state index is -0.604. The van der Waals surface area contributed by atoms with Crippen LogP contribution in [-0.2, 0) is 0 Å². The van der Waals surface area contributed by atoms with E-state index in [4.69, 9.17) is 10.5 Å². The summed E-state index contributed by atoms with van der Waals surface area (Å²) in [4.78, 5) is 14.7. The van der Waals surface area contributed by atoms with Crippen molar-refractivity contribution in [1.82, 2.24) is 4.98 Å². The number of nitrogens with zero attached hydrogens (tertiary/aromatic N) is 1. The first-order valence-electron chi connectivity index (χ1n) is 5.40. The van der Waals surface area contributed by atoms with Crippen molar-refractivity contribution >= 4 is 11.7 Å². The van der Waals surface area contributed by atoms with Gasteiger partial charge in [0.2, 0.25) is 0 Å². The van der Waals surface area contributed by atoms with E-state index in [1.807, 2.05) is 6.92 Å². The summed E-state index contributed by atoms with van der Waals surface area (Å²) in [7, 11) is 0. The zero-order chi connectivity index (χ0) is 13.0. The standard InChI is InChI=1S/C13H13N3O2/c1-9-8-15-6-5-12(9)18-11-4-2-3-10(7-11)16-13(14)17/h2-8H,1H3,(H3,14,16,17). The summed E-state index contributed by atoms with van der Waals surface area (Å²) in [6.07, 6.45) is 3.38. The second-order valence-corrected chi connectivity index (χ2v) is 3.76. The fourth-order valence-corrected chi connectivity index (χ4v) is 1.48. The number of ether oxygens (including phenoxy) is 1. The van der Waals surface area contributed by atoms with E-state index in [0.717, 1.165) is 11.3 Å². The van der Waals surface area contributed by atoms with Gasteiger partial charge in [0.05, 0.1) is 0 Å². The Morgan fingerprint density at radius 3 is 2.94 bits per heavy atom. The molecule has 0 fully saturated rings. The molecule has 92 valence electrons. The quantitative estimate of drug-likeness (QED) is 0.870. The van der Waals surface area contributed by atoms with E-state index < -0.39 is 6.03 Å². The predicted octanol–water partition coefficient (Wildman–Crippen LogP) is 2.67. The normalized spacial score (nSPS) is 9.83. The molecule has 5 nitrogen and oxygen atoms in total. The molecule has 18 heavy (non-hydrogen) atoms. The summed E-state index contributed by atoms with van der Waals surface area (Å²) in [5.74, 6) is 1.34. The number of primary amides is 1. The lowest BCUT2D eigenvalue weighted by Gasteiger charge is -2.09. The van der Waals surface area contributed by atoms with Gasteiger partial charge < -0.3 is 15.8 Å². The number of aryl methyl sites for hydroxylation is 1. The number of nitrogens with two attached hydrogens (primary N) is 1. The van der Waals surface area contributed by atoms with Gasteiger partial charge in [0.1, 0.15) is 11.5 Å². The Labute approximate surface area is 105 Å². The van der Waals surface area contributed by atoms with Crippen LogP contribution in [0.2, 0.25) is 0 Å². The third kappa shape index (κ3) is 2.98. The summed E-state index contributed by atoms with van der Waals surface area (Å²) in [6, 6.07) is 8.18. The van der Waals surface area contributed by atoms with Crippen LogP contribution in [0.25, 0.3) is 0 Å². The molecule has 3 N–H and O–H groups in total. The van der Waals surface area contributed by atoms with Crippen LogP contribution in [0.3, 0.4) is 0 Å². The highest BCUT2D eigenvalue weighted by Crippen LogP contribution is 2.25. The number of rotatable bonds is 3. The average molecular weight is 243 g/mol. The number of pyridine rings is 1. The van der Waals surface area contributed by atoms with Crippen molar-refractivity contribution in [1.29, 1.82) is 0 Å². The van der Waals surface area contributed by atoms with Gasteiger partial charge in [0.15, 0.2) is 0 Å². The summed E-state index contributed by atoms with van der Waals surface area (Å²) >= 11 is 0. The van der Waals surface area contributed by atoms with Gasteiger partial charge in [0.25, 0.3) is 0 Å². The molecule has 0 aliphatic rings. The van der Waals surface area contributed by atoms with E-state index >= 15 is 0 Å². The van der Waals surface area contributed by atoms with Crippen molar-refractivity contribution in [2.75, 3.05) is 5.32 Å². The smallest absolute Gasteiger partial charge is 0.316 e. The number of carbonyl (C=O) groups is 1. The van der Waals surface area contributed by atoms with Gasteiger partial charge in [-0.25, -0.2) is 4.79 Å². The SMILES string of the molecule is Cc1cnccc1Oc1cccc(NC(N)=O)c1. The summed E-state index contributed by atoms with van der Waals surface area (Å²) in [5, 5.41) is 2.49. The maximum Gasteiger partial charge on any atom is 0.316 e. The Bertz CT molecular complexity index is 570. The molecule has 0 saturated heterocycles. The van der Waals surface area contributed by atoms with Crippen LogP contribution in [-0.4, -0.2) is 11.0 Å². The Morgan fingerprint density at radius 2 is 2.22 bits per heavy atom. The van der Waals surface area contributed by atoms with E-state index in [-0.39, 0.29) is 0 Å². The molecule has 1 heterocycles. The number of carbonyl (C=O) groups excluding carboxylic acids is 1. The van der Waals surface area contributed by atoms with Crippen LogP contribution in [0.15, 0.2) is 42.7 Å². The van der Waals surface area contributed by atoms with E-state index in [1.165, 1.54) is 0 Å². The van der Waals surface area contributed by atoms with E-state index in [1.54, 1.807) is 42.7 Å². The number of amides is 2. The molecule has 2 amide bonds. The van der Waals surface area contributed by atoms with E-state index in [9.17, 15) is 4.79 Å². The van der Waals surface area contributed by atoms with Crippen molar-refractivity contribution in [2.24, 2.45) is 5.73 Å². The lowest BCUT2D eigenvalue weighted by Crippen LogP contribution is -2.19. The molecule has 0 unspecified atom stereocenters. The molecule has 1 aromatic heterocycles. The zero-order valence-electron chi connectivity index (χ0n) is 9.88. The van der Waals surface area contributed by atoms with E-state index in [2.05, 4.69) is 10.3 Å². The topological polar surface area (TPSA) is 77.2 Å². The van der Waals surface area contributed by atoms with Crippen LogP contribution in [0.4, 0.5) is 10.5 Å². The Balaban J connectivity index is 2.19. The highest BCUT2D eigenvalue weighted by molar-refractivity contribution is 5.87. The second-order valence-electron chi connectivity index (χ2n) is 3.76. The minimum Gasteiger partial charge on any atom is -0.457 e. The molecule has 2 aromatic rings. The van der Waals surface area contributed by atoms with Gasteiger partial charge in [-0.2, -0.15) is 0 Å². The molecule has 1 aromatic carbocycles. The lowest BCUT2D eigenvalue weighted by atomic mass is 10.2. The number of nitrogens with one attached hydrogen (secondary N) is 1. The number of hydrogen-bond donors (Lipinski definition) is 2. The van der Waals surface area contributed by atoms with Crippen LogP contribution >= 0.6 is 0 Å². The molecular weight excluding hydrogens is 230 g/mol. The summed E-state index contributed by atoms with van der Waals surface area (Å²) in [6.45, 7) is 1.91. The molecular formula is C13H13N3O2. The Hall–Kier alpha value is -2.56. The number of benzene rings is 1. The minimum absolute atomic E-state index is 0.590. The summed E-state index contributed by atoms with van der Waals surface area (Å²) in [5.41, 5.74) is 6.58. The van der Waals surface area contributed by atoms with Crippen LogP contribution in [0.5, 0.6) is 11.5 Å². The zero-order valence-corrected chi connectivity index (χ0v) is 9.88. The van der Waals surface area contributed by atoms with Crippen molar-refractivity contribution in [3.8, 4) is 11.5 Å². The third-order valence-corrected chi connectivity index (χ3v) is 2.30. The van der Waals surface area contributed by atoms with Gasteiger partial charge in [-0.1, -0.05) is 6.07 Å². The van der Waals surface area contributed by atoms with Crippen molar-refractivity contribution in [3.63, 3.8) is 0 Å². The fourth-order valence-electron chi connectivity index (χ4n) is 1.48.